The molecule has 3 rings (SSSR count). The number of pyridine rings is 1. The predicted octanol–water partition coefficient (Wildman–Crippen LogP) is 4.97. The van der Waals surface area contributed by atoms with E-state index < -0.39 is 0 Å². The molecule has 0 saturated carbocycles. The van der Waals surface area contributed by atoms with Crippen molar-refractivity contribution in [3.8, 4) is 0 Å². The van der Waals surface area contributed by atoms with Crippen LogP contribution in [0.4, 0.5) is 17.2 Å². The van der Waals surface area contributed by atoms with E-state index in [9.17, 15) is 4.79 Å². The van der Waals surface area contributed by atoms with Crippen molar-refractivity contribution in [2.45, 2.75) is 20.3 Å². The molecule has 26 heavy (non-hydrogen) atoms. The van der Waals surface area contributed by atoms with Crippen molar-refractivity contribution in [3.05, 3.63) is 83.6 Å². The van der Waals surface area contributed by atoms with Crippen LogP contribution in [0.1, 0.15) is 28.4 Å². The Bertz CT molecular complexity index is 889. The summed E-state index contributed by atoms with van der Waals surface area (Å²) in [6.07, 6.45) is 2.49. The van der Waals surface area contributed by atoms with Gasteiger partial charge in [-0.3, -0.25) is 4.79 Å². The second-order valence-corrected chi connectivity index (χ2v) is 6.22. The summed E-state index contributed by atoms with van der Waals surface area (Å²) in [5.74, 6) is 0.647. The highest BCUT2D eigenvalue weighted by atomic mass is 16.1. The van der Waals surface area contributed by atoms with Gasteiger partial charge in [-0.1, -0.05) is 43.3 Å². The number of hydrogen-bond acceptors (Lipinski definition) is 3. The minimum absolute atomic E-state index is 0.143. The lowest BCUT2D eigenvalue weighted by Gasteiger charge is -2.18. The average Bonchev–Trinajstić information content (AvgIpc) is 2.69. The van der Waals surface area contributed by atoms with E-state index in [0.717, 1.165) is 34.7 Å². The van der Waals surface area contributed by atoms with Crippen LogP contribution >= 0.6 is 0 Å². The Balaban J connectivity index is 1.78. The molecule has 4 heteroatoms. The standard InChI is InChI=1S/C22H23N3O/c1-4-17-10-8-9-16(2)21(17)24-22(26)18-13-14-20(23-15-18)25(3)19-11-6-5-7-12-19/h5-15H,4H2,1-3H3,(H,24,26). The first kappa shape index (κ1) is 17.7. The van der Waals surface area contributed by atoms with Gasteiger partial charge < -0.3 is 10.2 Å². The molecule has 0 unspecified atom stereocenters. The largest absolute Gasteiger partial charge is 0.329 e. The van der Waals surface area contributed by atoms with E-state index in [1.165, 1.54) is 0 Å². The molecule has 0 aliphatic carbocycles. The molecule has 132 valence electrons. The van der Waals surface area contributed by atoms with Crippen LogP contribution in [0.25, 0.3) is 0 Å². The maximum atomic E-state index is 12.6. The molecule has 0 spiro atoms. The smallest absolute Gasteiger partial charge is 0.257 e. The van der Waals surface area contributed by atoms with Crippen molar-refractivity contribution in [3.63, 3.8) is 0 Å². The van der Waals surface area contributed by atoms with Gasteiger partial charge in [0.1, 0.15) is 5.82 Å². The lowest BCUT2D eigenvalue weighted by atomic mass is 10.1. The fraction of sp³-hybridized carbons (Fsp3) is 0.182. The van der Waals surface area contributed by atoms with Gasteiger partial charge in [-0.25, -0.2) is 4.98 Å². The summed E-state index contributed by atoms with van der Waals surface area (Å²) < 4.78 is 0. The van der Waals surface area contributed by atoms with Crippen LogP contribution in [0.3, 0.4) is 0 Å². The second kappa shape index (κ2) is 7.83. The van der Waals surface area contributed by atoms with E-state index in [2.05, 4.69) is 17.2 Å². The molecule has 0 radical (unpaired) electrons. The number of amides is 1. The highest BCUT2D eigenvalue weighted by Crippen LogP contribution is 2.23. The third-order valence-electron chi connectivity index (χ3n) is 4.48. The summed E-state index contributed by atoms with van der Waals surface area (Å²) in [5, 5.41) is 3.03. The van der Waals surface area contributed by atoms with Gasteiger partial charge in [0, 0.05) is 24.6 Å². The lowest BCUT2D eigenvalue weighted by molar-refractivity contribution is 0.102. The Kier molecular flexibility index (Phi) is 5.32. The van der Waals surface area contributed by atoms with Crippen LogP contribution in [0.5, 0.6) is 0 Å². The number of carbonyl (C=O) groups excluding carboxylic acids is 1. The number of para-hydroxylation sites is 2. The van der Waals surface area contributed by atoms with Crippen molar-refractivity contribution in [2.75, 3.05) is 17.3 Å². The molecule has 0 saturated heterocycles. The third kappa shape index (κ3) is 3.75. The van der Waals surface area contributed by atoms with Crippen LogP contribution in [-0.2, 0) is 6.42 Å². The van der Waals surface area contributed by atoms with Gasteiger partial charge in [0.05, 0.1) is 5.56 Å². The fourth-order valence-electron chi connectivity index (χ4n) is 2.89. The third-order valence-corrected chi connectivity index (χ3v) is 4.48. The predicted molar refractivity (Wildman–Crippen MR) is 107 cm³/mol. The molecule has 1 N–H and O–H groups in total. The van der Waals surface area contributed by atoms with Gasteiger partial charge in [0.15, 0.2) is 0 Å². The fourth-order valence-corrected chi connectivity index (χ4v) is 2.89. The molecule has 3 aromatic rings. The summed E-state index contributed by atoms with van der Waals surface area (Å²) in [6, 6.07) is 19.7. The van der Waals surface area contributed by atoms with Crippen LogP contribution in [0.15, 0.2) is 66.9 Å². The number of nitrogens with one attached hydrogen (secondary N) is 1. The van der Waals surface area contributed by atoms with Crippen LogP contribution < -0.4 is 10.2 Å². The molecule has 4 nitrogen and oxygen atoms in total. The highest BCUT2D eigenvalue weighted by molar-refractivity contribution is 6.05. The van der Waals surface area contributed by atoms with E-state index in [-0.39, 0.29) is 5.91 Å². The maximum absolute atomic E-state index is 12.6. The molecule has 0 fully saturated rings. The van der Waals surface area contributed by atoms with Crippen molar-refractivity contribution in [1.29, 1.82) is 0 Å². The minimum atomic E-state index is -0.143. The Morgan fingerprint density at radius 1 is 1.04 bits per heavy atom. The number of benzene rings is 2. The quantitative estimate of drug-likeness (QED) is 0.710. The number of carbonyl (C=O) groups is 1. The van der Waals surface area contributed by atoms with E-state index in [1.54, 1.807) is 12.3 Å². The van der Waals surface area contributed by atoms with Crippen molar-refractivity contribution in [1.82, 2.24) is 4.98 Å². The minimum Gasteiger partial charge on any atom is -0.329 e. The normalized spacial score (nSPS) is 10.4. The lowest BCUT2D eigenvalue weighted by Crippen LogP contribution is -2.16. The summed E-state index contributed by atoms with van der Waals surface area (Å²) in [5.41, 5.74) is 4.67. The van der Waals surface area contributed by atoms with Gasteiger partial charge in [-0.05, 0) is 48.7 Å². The zero-order chi connectivity index (χ0) is 18.5. The van der Waals surface area contributed by atoms with Gasteiger partial charge in [0.25, 0.3) is 5.91 Å². The van der Waals surface area contributed by atoms with E-state index >= 15 is 0 Å². The SMILES string of the molecule is CCc1cccc(C)c1NC(=O)c1ccc(N(C)c2ccccc2)nc1. The van der Waals surface area contributed by atoms with Gasteiger partial charge in [-0.2, -0.15) is 0 Å². The van der Waals surface area contributed by atoms with Crippen molar-refractivity contribution >= 4 is 23.1 Å². The van der Waals surface area contributed by atoms with Crippen molar-refractivity contribution < 1.29 is 4.79 Å². The Labute approximate surface area is 154 Å². The maximum Gasteiger partial charge on any atom is 0.257 e. The van der Waals surface area contributed by atoms with Gasteiger partial charge in [0.2, 0.25) is 0 Å². The first-order chi connectivity index (χ1) is 12.6. The molecule has 0 aliphatic heterocycles. The molecule has 1 heterocycles. The summed E-state index contributed by atoms with van der Waals surface area (Å²) >= 11 is 0. The molecule has 1 aromatic heterocycles. The summed E-state index contributed by atoms with van der Waals surface area (Å²) in [4.78, 5) is 19.1. The molecule has 0 aliphatic rings. The molecule has 2 aromatic carbocycles. The number of aromatic nitrogens is 1. The van der Waals surface area contributed by atoms with Crippen molar-refractivity contribution in [2.24, 2.45) is 0 Å². The van der Waals surface area contributed by atoms with Crippen LogP contribution in [0, 0.1) is 6.92 Å². The van der Waals surface area contributed by atoms with E-state index in [0.29, 0.717) is 5.56 Å². The molecule has 0 bridgehead atoms. The zero-order valence-electron chi connectivity index (χ0n) is 15.4. The van der Waals surface area contributed by atoms with Gasteiger partial charge in [-0.15, -0.1) is 0 Å². The molecular weight excluding hydrogens is 322 g/mol. The summed E-state index contributed by atoms with van der Waals surface area (Å²) in [6.45, 7) is 4.09. The Morgan fingerprint density at radius 2 is 1.81 bits per heavy atom. The van der Waals surface area contributed by atoms with Crippen LogP contribution in [-0.4, -0.2) is 17.9 Å². The monoisotopic (exact) mass is 345 g/mol. The number of aryl methyl sites for hydroxylation is 2. The van der Waals surface area contributed by atoms with Gasteiger partial charge >= 0.3 is 0 Å². The molecule has 1 amide bonds. The van der Waals surface area contributed by atoms with Crippen LogP contribution in [0.2, 0.25) is 0 Å². The number of rotatable bonds is 5. The molecular formula is C22H23N3O. The zero-order valence-corrected chi connectivity index (χ0v) is 15.4. The summed E-state index contributed by atoms with van der Waals surface area (Å²) in [7, 11) is 1.96. The first-order valence-corrected chi connectivity index (χ1v) is 8.75. The average molecular weight is 345 g/mol. The Hall–Kier alpha value is -3.14. The second-order valence-electron chi connectivity index (χ2n) is 6.22. The topological polar surface area (TPSA) is 45.2 Å². The highest BCUT2D eigenvalue weighted by Gasteiger charge is 2.12. The van der Waals surface area contributed by atoms with E-state index in [4.69, 9.17) is 0 Å². The first-order valence-electron chi connectivity index (χ1n) is 8.75. The van der Waals surface area contributed by atoms with E-state index in [1.807, 2.05) is 73.5 Å². The number of anilines is 3. The number of nitrogens with zero attached hydrogens (tertiary/aromatic N) is 2. The molecule has 0 atom stereocenters. The number of hydrogen-bond donors (Lipinski definition) is 1. The Morgan fingerprint density at radius 3 is 2.46 bits per heavy atom.